The average molecular weight is 255 g/mol. The highest BCUT2D eigenvalue weighted by Crippen LogP contribution is 2.28. The first-order valence-corrected chi connectivity index (χ1v) is 7.18. The highest BCUT2D eigenvalue weighted by Gasteiger charge is 2.30. The normalized spacial score (nSPS) is 37.2. The zero-order valence-electron chi connectivity index (χ0n) is 11.3. The first-order chi connectivity index (χ1) is 8.69. The zero-order valence-corrected chi connectivity index (χ0v) is 11.3. The van der Waals surface area contributed by atoms with Crippen LogP contribution in [0.25, 0.3) is 0 Å². The predicted octanol–water partition coefficient (Wildman–Crippen LogP) is 2.00. The molecule has 18 heavy (non-hydrogen) atoms. The highest BCUT2D eigenvalue weighted by atomic mass is 16.5. The van der Waals surface area contributed by atoms with Gasteiger partial charge in [-0.15, -0.1) is 0 Å². The van der Waals surface area contributed by atoms with E-state index in [1.54, 1.807) is 7.11 Å². The molecule has 0 amide bonds. The van der Waals surface area contributed by atoms with Gasteiger partial charge in [0, 0.05) is 19.6 Å². The summed E-state index contributed by atoms with van der Waals surface area (Å²) in [6.07, 6.45) is 8.11. The first-order valence-electron chi connectivity index (χ1n) is 7.18. The van der Waals surface area contributed by atoms with Gasteiger partial charge in [-0.05, 0) is 38.5 Å². The van der Waals surface area contributed by atoms with E-state index in [1.807, 2.05) is 0 Å². The third-order valence-corrected chi connectivity index (χ3v) is 4.24. The van der Waals surface area contributed by atoms with E-state index in [4.69, 9.17) is 15.2 Å². The second kappa shape index (κ2) is 6.53. The van der Waals surface area contributed by atoms with Crippen LogP contribution in [0, 0.1) is 5.92 Å². The largest absolute Gasteiger partial charge is 0.462 e. The van der Waals surface area contributed by atoms with E-state index in [9.17, 15) is 4.79 Å². The van der Waals surface area contributed by atoms with Crippen molar-refractivity contribution in [3.05, 3.63) is 0 Å². The maximum absolute atomic E-state index is 12.1. The lowest BCUT2D eigenvalue weighted by Crippen LogP contribution is -2.36. The van der Waals surface area contributed by atoms with E-state index in [-0.39, 0.29) is 30.1 Å². The Bertz CT molecular complexity index is 282. The summed E-state index contributed by atoms with van der Waals surface area (Å²) in [6.45, 7) is 0. The van der Waals surface area contributed by atoms with Crippen molar-refractivity contribution in [2.75, 3.05) is 7.11 Å². The topological polar surface area (TPSA) is 61.5 Å². The van der Waals surface area contributed by atoms with Crippen molar-refractivity contribution < 1.29 is 14.3 Å². The fourth-order valence-corrected chi connectivity index (χ4v) is 3.13. The van der Waals surface area contributed by atoms with Crippen LogP contribution in [0.3, 0.4) is 0 Å². The van der Waals surface area contributed by atoms with Crippen molar-refractivity contribution in [1.29, 1.82) is 0 Å². The Balaban J connectivity index is 1.79. The van der Waals surface area contributed by atoms with Crippen LogP contribution in [0.2, 0.25) is 0 Å². The Kier molecular flexibility index (Phi) is 5.01. The minimum absolute atomic E-state index is 0.0247. The van der Waals surface area contributed by atoms with E-state index >= 15 is 0 Å². The average Bonchev–Trinajstić information content (AvgIpc) is 2.39. The predicted molar refractivity (Wildman–Crippen MR) is 69.1 cm³/mol. The minimum atomic E-state index is -0.0353. The van der Waals surface area contributed by atoms with Crippen LogP contribution in [0.5, 0.6) is 0 Å². The number of carbonyl (C=O) groups excluding carboxylic acids is 1. The summed E-state index contributed by atoms with van der Waals surface area (Å²) in [5.41, 5.74) is 5.91. The molecule has 0 bridgehead atoms. The van der Waals surface area contributed by atoms with Crippen molar-refractivity contribution in [3.63, 3.8) is 0 Å². The molecule has 2 aliphatic rings. The Morgan fingerprint density at radius 1 is 1.06 bits per heavy atom. The number of ether oxygens (including phenoxy) is 2. The van der Waals surface area contributed by atoms with Gasteiger partial charge in [0.2, 0.25) is 0 Å². The Hall–Kier alpha value is -0.610. The summed E-state index contributed by atoms with van der Waals surface area (Å²) in [5.74, 6) is -0.0106. The maximum Gasteiger partial charge on any atom is 0.309 e. The molecule has 4 unspecified atom stereocenters. The number of rotatable bonds is 3. The molecule has 104 valence electrons. The first kappa shape index (κ1) is 13.8. The van der Waals surface area contributed by atoms with Crippen LogP contribution >= 0.6 is 0 Å². The summed E-state index contributed by atoms with van der Waals surface area (Å²) in [4.78, 5) is 12.1. The van der Waals surface area contributed by atoms with Crippen LogP contribution < -0.4 is 5.73 Å². The highest BCUT2D eigenvalue weighted by molar-refractivity contribution is 5.72. The van der Waals surface area contributed by atoms with Crippen molar-refractivity contribution in [1.82, 2.24) is 0 Å². The lowest BCUT2D eigenvalue weighted by atomic mass is 9.86. The van der Waals surface area contributed by atoms with Gasteiger partial charge in [0.15, 0.2) is 0 Å². The molecule has 0 radical (unpaired) electrons. The Labute approximate surface area is 109 Å². The summed E-state index contributed by atoms with van der Waals surface area (Å²) >= 11 is 0. The summed E-state index contributed by atoms with van der Waals surface area (Å²) in [5, 5.41) is 0. The van der Waals surface area contributed by atoms with Gasteiger partial charge in [0.25, 0.3) is 0 Å². The van der Waals surface area contributed by atoms with E-state index in [2.05, 4.69) is 0 Å². The fraction of sp³-hybridized carbons (Fsp3) is 0.929. The van der Waals surface area contributed by atoms with Gasteiger partial charge in [-0.3, -0.25) is 4.79 Å². The number of hydrogen-bond donors (Lipinski definition) is 1. The smallest absolute Gasteiger partial charge is 0.309 e. The molecule has 4 atom stereocenters. The van der Waals surface area contributed by atoms with Crippen molar-refractivity contribution in [3.8, 4) is 0 Å². The monoisotopic (exact) mass is 255 g/mol. The maximum atomic E-state index is 12.1. The van der Waals surface area contributed by atoms with Crippen molar-refractivity contribution in [2.45, 2.75) is 69.6 Å². The second-order valence-electron chi connectivity index (χ2n) is 5.71. The van der Waals surface area contributed by atoms with E-state index < -0.39 is 0 Å². The molecule has 0 aromatic rings. The van der Waals surface area contributed by atoms with Gasteiger partial charge >= 0.3 is 5.97 Å². The molecule has 0 saturated heterocycles. The molecule has 2 aliphatic carbocycles. The lowest BCUT2D eigenvalue weighted by molar-refractivity contribution is -0.159. The molecule has 0 aliphatic heterocycles. The van der Waals surface area contributed by atoms with Gasteiger partial charge in [-0.2, -0.15) is 0 Å². The SMILES string of the molecule is COC1CCCC(OC(=O)C2CCCC(N)C2)C1. The molecule has 2 fully saturated rings. The van der Waals surface area contributed by atoms with Gasteiger partial charge in [0.05, 0.1) is 12.0 Å². The minimum Gasteiger partial charge on any atom is -0.462 e. The van der Waals surface area contributed by atoms with Gasteiger partial charge in [-0.1, -0.05) is 6.42 Å². The molecular weight excluding hydrogens is 230 g/mol. The van der Waals surface area contributed by atoms with Crippen LogP contribution in [-0.2, 0) is 14.3 Å². The van der Waals surface area contributed by atoms with Gasteiger partial charge in [-0.25, -0.2) is 0 Å². The molecule has 0 heterocycles. The summed E-state index contributed by atoms with van der Waals surface area (Å²) in [6, 6.07) is 0.175. The standard InChI is InChI=1S/C14H25NO3/c1-17-12-6-3-7-13(9-12)18-14(16)10-4-2-5-11(15)8-10/h10-13H,2-9,15H2,1H3. The quantitative estimate of drug-likeness (QED) is 0.784. The van der Waals surface area contributed by atoms with Crippen molar-refractivity contribution >= 4 is 5.97 Å². The third-order valence-electron chi connectivity index (χ3n) is 4.24. The molecular formula is C14H25NO3. The second-order valence-corrected chi connectivity index (χ2v) is 5.71. The number of methoxy groups -OCH3 is 1. The molecule has 2 rings (SSSR count). The fourth-order valence-electron chi connectivity index (χ4n) is 3.13. The lowest BCUT2D eigenvalue weighted by Gasteiger charge is -2.31. The Morgan fingerprint density at radius 3 is 2.50 bits per heavy atom. The molecule has 0 aromatic heterocycles. The molecule has 2 N–H and O–H groups in total. The van der Waals surface area contributed by atoms with Gasteiger partial charge < -0.3 is 15.2 Å². The molecule has 2 saturated carbocycles. The number of carbonyl (C=O) groups is 1. The van der Waals surface area contributed by atoms with Crippen LogP contribution in [0.15, 0.2) is 0 Å². The summed E-state index contributed by atoms with van der Waals surface area (Å²) < 4.78 is 11.0. The van der Waals surface area contributed by atoms with E-state index in [1.165, 1.54) is 0 Å². The van der Waals surface area contributed by atoms with Crippen LogP contribution in [-0.4, -0.2) is 31.3 Å². The third kappa shape index (κ3) is 3.69. The van der Waals surface area contributed by atoms with Crippen LogP contribution in [0.1, 0.15) is 51.4 Å². The molecule has 0 spiro atoms. The van der Waals surface area contributed by atoms with Gasteiger partial charge in [0.1, 0.15) is 6.10 Å². The Morgan fingerprint density at radius 2 is 1.78 bits per heavy atom. The number of hydrogen-bond acceptors (Lipinski definition) is 4. The van der Waals surface area contributed by atoms with Crippen molar-refractivity contribution in [2.24, 2.45) is 11.7 Å². The van der Waals surface area contributed by atoms with E-state index in [0.717, 1.165) is 51.4 Å². The number of esters is 1. The summed E-state index contributed by atoms with van der Waals surface area (Å²) in [7, 11) is 1.73. The molecule has 4 nitrogen and oxygen atoms in total. The zero-order chi connectivity index (χ0) is 13.0. The number of nitrogens with two attached hydrogens (primary N) is 1. The molecule has 0 aromatic carbocycles. The van der Waals surface area contributed by atoms with Crippen LogP contribution in [0.4, 0.5) is 0 Å². The molecule has 4 heteroatoms. The van der Waals surface area contributed by atoms with E-state index in [0.29, 0.717) is 0 Å².